The molecule has 2 aromatic carbocycles. The normalized spacial score (nSPS) is 18.4. The number of carbonyl (C=O) groups excluding carboxylic acids is 1. The first kappa shape index (κ1) is 20.9. The van der Waals surface area contributed by atoms with Crippen LogP contribution in [-0.4, -0.2) is 38.3 Å². The number of para-hydroxylation sites is 1. The molecule has 0 aliphatic carbocycles. The van der Waals surface area contributed by atoms with Crippen LogP contribution in [0.5, 0.6) is 0 Å². The van der Waals surface area contributed by atoms with Gasteiger partial charge in [0.2, 0.25) is 15.9 Å². The topological polar surface area (TPSA) is 57.7 Å². The van der Waals surface area contributed by atoms with Gasteiger partial charge in [-0.25, -0.2) is 8.42 Å². The minimum absolute atomic E-state index is 0.0175. The van der Waals surface area contributed by atoms with Crippen LogP contribution < -0.4 is 4.90 Å². The van der Waals surface area contributed by atoms with Gasteiger partial charge in [-0.15, -0.1) is 0 Å². The SMILES string of the molecule is O=C(C1CCN(S(=O)(=O)c2cccc(C(F)(F)F)c2)CC1)N1CCc2ccccc21. The Hall–Kier alpha value is -2.39. The minimum atomic E-state index is -4.61. The number of hydrogen-bond donors (Lipinski definition) is 0. The molecule has 2 aliphatic rings. The average molecular weight is 438 g/mol. The number of hydrogen-bond acceptors (Lipinski definition) is 3. The fourth-order valence-electron chi connectivity index (χ4n) is 4.11. The van der Waals surface area contributed by atoms with Gasteiger partial charge in [0, 0.05) is 31.2 Å². The minimum Gasteiger partial charge on any atom is -0.312 e. The Labute approximate surface area is 173 Å². The quantitative estimate of drug-likeness (QED) is 0.735. The highest BCUT2D eigenvalue weighted by Crippen LogP contribution is 2.34. The van der Waals surface area contributed by atoms with Crippen LogP contribution in [0, 0.1) is 5.92 Å². The second kappa shape index (κ2) is 7.70. The number of carbonyl (C=O) groups is 1. The molecule has 9 heteroatoms. The van der Waals surface area contributed by atoms with E-state index in [1.165, 1.54) is 10.4 Å². The monoisotopic (exact) mass is 438 g/mol. The largest absolute Gasteiger partial charge is 0.416 e. The van der Waals surface area contributed by atoms with Crippen LogP contribution in [0.3, 0.4) is 0 Å². The van der Waals surface area contributed by atoms with Crippen LogP contribution >= 0.6 is 0 Å². The van der Waals surface area contributed by atoms with Gasteiger partial charge in [-0.05, 0) is 49.1 Å². The lowest BCUT2D eigenvalue weighted by atomic mass is 9.96. The zero-order chi connectivity index (χ0) is 21.5. The Morgan fingerprint density at radius 3 is 2.37 bits per heavy atom. The van der Waals surface area contributed by atoms with Crippen LogP contribution in [0.2, 0.25) is 0 Å². The molecule has 0 aromatic heterocycles. The van der Waals surface area contributed by atoms with Crippen molar-refractivity contribution in [1.29, 1.82) is 0 Å². The van der Waals surface area contributed by atoms with E-state index < -0.39 is 21.8 Å². The van der Waals surface area contributed by atoms with Gasteiger partial charge in [-0.3, -0.25) is 4.79 Å². The van der Waals surface area contributed by atoms with Crippen molar-refractivity contribution < 1.29 is 26.4 Å². The lowest BCUT2D eigenvalue weighted by Gasteiger charge is -2.32. The van der Waals surface area contributed by atoms with Crippen LogP contribution in [-0.2, 0) is 27.4 Å². The highest BCUT2D eigenvalue weighted by molar-refractivity contribution is 7.89. The zero-order valence-electron chi connectivity index (χ0n) is 16.1. The number of rotatable bonds is 3. The fourth-order valence-corrected chi connectivity index (χ4v) is 5.63. The van der Waals surface area contributed by atoms with E-state index in [4.69, 9.17) is 0 Å². The third-order valence-corrected chi connectivity index (χ3v) is 7.65. The van der Waals surface area contributed by atoms with Crippen LogP contribution in [0.25, 0.3) is 0 Å². The van der Waals surface area contributed by atoms with Crippen molar-refractivity contribution in [3.8, 4) is 0 Å². The molecule has 1 fully saturated rings. The van der Waals surface area contributed by atoms with Gasteiger partial charge >= 0.3 is 6.18 Å². The number of sulfonamides is 1. The van der Waals surface area contributed by atoms with Crippen molar-refractivity contribution in [3.63, 3.8) is 0 Å². The lowest BCUT2D eigenvalue weighted by molar-refractivity contribution is -0.137. The Morgan fingerprint density at radius 1 is 0.967 bits per heavy atom. The summed E-state index contributed by atoms with van der Waals surface area (Å²) in [6.07, 6.45) is -3.13. The van der Waals surface area contributed by atoms with E-state index >= 15 is 0 Å². The summed E-state index contributed by atoms with van der Waals surface area (Å²) in [4.78, 5) is 14.4. The van der Waals surface area contributed by atoms with E-state index in [1.807, 2.05) is 24.3 Å². The van der Waals surface area contributed by atoms with Gasteiger partial charge in [-0.1, -0.05) is 24.3 Å². The Balaban J connectivity index is 1.45. The lowest BCUT2D eigenvalue weighted by Crippen LogP contribution is -2.44. The van der Waals surface area contributed by atoms with E-state index in [-0.39, 0.29) is 29.8 Å². The van der Waals surface area contributed by atoms with Crippen molar-refractivity contribution >= 4 is 21.6 Å². The Morgan fingerprint density at radius 2 is 1.67 bits per heavy atom. The van der Waals surface area contributed by atoms with Gasteiger partial charge in [0.15, 0.2) is 0 Å². The molecule has 0 saturated carbocycles. The standard InChI is InChI=1S/C21H21F3N2O3S/c22-21(23,24)17-5-3-6-18(14-17)30(28,29)25-11-8-16(9-12-25)20(27)26-13-10-15-4-1-2-7-19(15)26/h1-7,14,16H,8-13H2. The molecule has 2 aromatic rings. The predicted molar refractivity (Wildman–Crippen MR) is 105 cm³/mol. The molecule has 1 saturated heterocycles. The van der Waals surface area contributed by atoms with Crippen LogP contribution in [0.1, 0.15) is 24.0 Å². The first-order chi connectivity index (χ1) is 14.2. The van der Waals surface area contributed by atoms with Crippen LogP contribution in [0.15, 0.2) is 53.4 Å². The molecular weight excluding hydrogens is 417 g/mol. The number of nitrogens with zero attached hydrogens (tertiary/aromatic N) is 2. The molecule has 2 aliphatic heterocycles. The van der Waals surface area contributed by atoms with Crippen molar-refractivity contribution in [2.75, 3.05) is 24.5 Å². The smallest absolute Gasteiger partial charge is 0.312 e. The number of benzene rings is 2. The molecule has 4 rings (SSSR count). The molecule has 0 unspecified atom stereocenters. The molecule has 0 bridgehead atoms. The second-order valence-electron chi connectivity index (χ2n) is 7.57. The van der Waals surface area contributed by atoms with Crippen molar-refractivity contribution in [1.82, 2.24) is 4.31 Å². The molecule has 0 radical (unpaired) electrons. The van der Waals surface area contributed by atoms with E-state index in [9.17, 15) is 26.4 Å². The van der Waals surface area contributed by atoms with E-state index in [0.717, 1.165) is 29.8 Å². The highest BCUT2D eigenvalue weighted by Gasteiger charge is 2.37. The third-order valence-electron chi connectivity index (χ3n) is 5.76. The van der Waals surface area contributed by atoms with Crippen LogP contribution in [0.4, 0.5) is 18.9 Å². The molecule has 30 heavy (non-hydrogen) atoms. The van der Waals surface area contributed by atoms with Gasteiger partial charge in [-0.2, -0.15) is 17.5 Å². The Kier molecular flexibility index (Phi) is 5.36. The van der Waals surface area contributed by atoms with Gasteiger partial charge < -0.3 is 4.90 Å². The summed E-state index contributed by atoms with van der Waals surface area (Å²) in [5.74, 6) is -0.319. The number of amides is 1. The summed E-state index contributed by atoms with van der Waals surface area (Å²) < 4.78 is 65.6. The average Bonchev–Trinajstić information content (AvgIpc) is 3.17. The maximum Gasteiger partial charge on any atom is 0.416 e. The molecule has 0 atom stereocenters. The molecule has 160 valence electrons. The molecule has 2 heterocycles. The Bertz CT molecular complexity index is 1060. The summed E-state index contributed by atoms with van der Waals surface area (Å²) in [5.41, 5.74) is 1.03. The second-order valence-corrected chi connectivity index (χ2v) is 9.51. The maximum absolute atomic E-state index is 13.0. The van der Waals surface area contributed by atoms with Crippen molar-refractivity contribution in [2.24, 2.45) is 5.92 Å². The first-order valence-corrected chi connectivity index (χ1v) is 11.2. The fraction of sp³-hybridized carbons (Fsp3) is 0.381. The molecule has 5 nitrogen and oxygen atoms in total. The number of piperidine rings is 1. The van der Waals surface area contributed by atoms with Gasteiger partial charge in [0.25, 0.3) is 0 Å². The van der Waals surface area contributed by atoms with E-state index in [1.54, 1.807) is 4.90 Å². The molecular formula is C21H21F3N2O3S. The van der Waals surface area contributed by atoms with E-state index in [2.05, 4.69) is 0 Å². The summed E-state index contributed by atoms with van der Waals surface area (Å²) in [7, 11) is -4.05. The number of fused-ring (bicyclic) bond motifs is 1. The highest BCUT2D eigenvalue weighted by atomic mass is 32.2. The van der Waals surface area contributed by atoms with Crippen molar-refractivity contribution in [3.05, 3.63) is 59.7 Å². The maximum atomic E-state index is 13.0. The molecule has 0 spiro atoms. The molecule has 1 amide bonds. The van der Waals surface area contributed by atoms with E-state index in [0.29, 0.717) is 25.5 Å². The number of halogens is 3. The van der Waals surface area contributed by atoms with Crippen molar-refractivity contribution in [2.45, 2.75) is 30.3 Å². The predicted octanol–water partition coefficient (Wildman–Crippen LogP) is 3.70. The first-order valence-electron chi connectivity index (χ1n) is 9.74. The zero-order valence-corrected chi connectivity index (χ0v) is 16.9. The van der Waals surface area contributed by atoms with Gasteiger partial charge in [0.1, 0.15) is 0 Å². The molecule has 0 N–H and O–H groups in total. The van der Waals surface area contributed by atoms with Gasteiger partial charge in [0.05, 0.1) is 10.5 Å². The third kappa shape index (κ3) is 3.83. The summed E-state index contributed by atoms with van der Waals surface area (Å²) in [5, 5.41) is 0. The number of alkyl halides is 3. The number of anilines is 1. The summed E-state index contributed by atoms with van der Waals surface area (Å²) >= 11 is 0. The summed E-state index contributed by atoms with van der Waals surface area (Å²) in [6, 6.07) is 11.5. The summed E-state index contributed by atoms with van der Waals surface area (Å²) in [6.45, 7) is 0.815.